The van der Waals surface area contributed by atoms with Gasteiger partial charge in [0.2, 0.25) is 5.96 Å². The van der Waals surface area contributed by atoms with Crippen LogP contribution in [0, 0.1) is 11.8 Å². The fraction of sp³-hybridized carbons (Fsp3) is 0.194. The van der Waals surface area contributed by atoms with Crippen LogP contribution in [0.15, 0.2) is 117 Å². The number of para-hydroxylation sites is 1. The molecule has 2 aromatic carbocycles. The molecule has 7 rings (SSSR count). The number of aliphatic imine (C=N–C) groups is 3. The Balaban J connectivity index is 1.53. The predicted molar refractivity (Wildman–Crippen MR) is 146 cm³/mol. The number of amidine groups is 1. The highest BCUT2D eigenvalue weighted by atomic mass is 16.5. The van der Waals surface area contributed by atoms with E-state index in [0.717, 1.165) is 39.8 Å². The number of guanidine groups is 1. The summed E-state index contributed by atoms with van der Waals surface area (Å²) >= 11 is 0. The molecule has 36 heavy (non-hydrogen) atoms. The summed E-state index contributed by atoms with van der Waals surface area (Å²) < 4.78 is 5.47. The van der Waals surface area contributed by atoms with Crippen LogP contribution in [0.25, 0.3) is 5.70 Å². The molecule has 3 aliphatic heterocycles. The summed E-state index contributed by atoms with van der Waals surface area (Å²) in [4.78, 5) is 18.0. The molecule has 5 nitrogen and oxygen atoms in total. The van der Waals surface area contributed by atoms with Crippen LogP contribution in [0.5, 0.6) is 5.75 Å². The number of benzene rings is 2. The molecule has 0 spiro atoms. The van der Waals surface area contributed by atoms with Gasteiger partial charge in [-0.25, -0.2) is 15.0 Å². The number of rotatable bonds is 4. The number of ether oxygens (including phenoxy) is 1. The maximum Gasteiger partial charge on any atom is 0.233 e. The van der Waals surface area contributed by atoms with Crippen molar-refractivity contribution in [3.63, 3.8) is 0 Å². The Morgan fingerprint density at radius 1 is 0.889 bits per heavy atom. The van der Waals surface area contributed by atoms with Gasteiger partial charge in [-0.3, -0.25) is 4.90 Å². The first-order valence-corrected chi connectivity index (χ1v) is 12.4. The molecule has 0 saturated heterocycles. The highest BCUT2D eigenvalue weighted by molar-refractivity contribution is 6.29. The van der Waals surface area contributed by atoms with Crippen molar-refractivity contribution in [1.82, 2.24) is 4.90 Å². The monoisotopic (exact) mass is 470 g/mol. The van der Waals surface area contributed by atoms with Crippen LogP contribution in [0.4, 0.5) is 5.69 Å². The van der Waals surface area contributed by atoms with E-state index >= 15 is 0 Å². The summed E-state index contributed by atoms with van der Waals surface area (Å²) in [6.07, 6.45) is 15.2. The van der Waals surface area contributed by atoms with E-state index in [0.29, 0.717) is 11.9 Å². The van der Waals surface area contributed by atoms with Crippen LogP contribution in [0.1, 0.15) is 25.0 Å². The third-order valence-electron chi connectivity index (χ3n) is 7.70. The van der Waals surface area contributed by atoms with Crippen LogP contribution in [0.2, 0.25) is 0 Å². The lowest BCUT2D eigenvalue weighted by Gasteiger charge is -2.37. The largest absolute Gasteiger partial charge is 0.497 e. The molecule has 3 atom stereocenters. The maximum atomic E-state index is 5.47. The van der Waals surface area contributed by atoms with Crippen LogP contribution in [-0.2, 0) is 5.54 Å². The molecule has 0 amide bonds. The molecule has 0 bridgehead atoms. The van der Waals surface area contributed by atoms with Crippen molar-refractivity contribution in [2.75, 3.05) is 7.11 Å². The SMILES string of the molecule is COc1ccc(C2(C3=CC=CC3C)N=C3N=C(C4=CC=CC4C)C=C4c5ccccc5N=C2N43)cc1. The van der Waals surface area contributed by atoms with E-state index < -0.39 is 5.54 Å². The maximum absolute atomic E-state index is 5.47. The second-order valence-electron chi connectivity index (χ2n) is 9.76. The van der Waals surface area contributed by atoms with Gasteiger partial charge in [0, 0.05) is 11.5 Å². The van der Waals surface area contributed by atoms with Crippen LogP contribution >= 0.6 is 0 Å². The van der Waals surface area contributed by atoms with E-state index in [1.165, 1.54) is 11.1 Å². The number of nitrogens with zero attached hydrogens (tertiary/aromatic N) is 4. The third kappa shape index (κ3) is 2.80. The standard InChI is InChI=1S/C31H26N4O/c1-19-8-6-11-23(19)27-18-28-24-10-4-5-13-26(24)32-29-31(25-12-7-9-20(25)2,34-30(33-27)35(28)29)21-14-16-22(36-3)17-15-21/h4-20H,1-3H3. The van der Waals surface area contributed by atoms with E-state index in [-0.39, 0.29) is 5.92 Å². The van der Waals surface area contributed by atoms with Gasteiger partial charge in [0.1, 0.15) is 5.75 Å². The van der Waals surface area contributed by atoms with Gasteiger partial charge in [0.25, 0.3) is 0 Å². The van der Waals surface area contributed by atoms with Crippen molar-refractivity contribution in [3.8, 4) is 5.75 Å². The summed E-state index contributed by atoms with van der Waals surface area (Å²) in [7, 11) is 1.69. The smallest absolute Gasteiger partial charge is 0.233 e. The van der Waals surface area contributed by atoms with E-state index in [1.807, 2.05) is 18.2 Å². The molecule has 0 N–H and O–H groups in total. The zero-order valence-corrected chi connectivity index (χ0v) is 20.5. The molecular weight excluding hydrogens is 444 g/mol. The lowest BCUT2D eigenvalue weighted by molar-refractivity contribution is 0.414. The first kappa shape index (κ1) is 21.1. The Morgan fingerprint density at radius 3 is 2.39 bits per heavy atom. The van der Waals surface area contributed by atoms with Gasteiger partial charge >= 0.3 is 0 Å². The molecule has 5 aliphatic rings. The summed E-state index contributed by atoms with van der Waals surface area (Å²) in [5.74, 6) is 2.91. The summed E-state index contributed by atoms with van der Waals surface area (Å²) in [5.41, 5.74) is 6.76. The fourth-order valence-electron chi connectivity index (χ4n) is 5.83. The van der Waals surface area contributed by atoms with Crippen molar-refractivity contribution in [1.29, 1.82) is 0 Å². The Morgan fingerprint density at radius 2 is 1.67 bits per heavy atom. The van der Waals surface area contributed by atoms with E-state index in [1.54, 1.807) is 7.11 Å². The molecular formula is C31H26N4O. The van der Waals surface area contributed by atoms with Gasteiger partial charge in [0.15, 0.2) is 11.4 Å². The first-order valence-electron chi connectivity index (χ1n) is 12.4. The van der Waals surface area contributed by atoms with Crippen molar-refractivity contribution < 1.29 is 4.74 Å². The summed E-state index contributed by atoms with van der Waals surface area (Å²) in [6, 6.07) is 16.6. The minimum Gasteiger partial charge on any atom is -0.497 e. The molecule has 0 radical (unpaired) electrons. The Bertz CT molecular complexity index is 1550. The Hall–Kier alpha value is -4.25. The van der Waals surface area contributed by atoms with E-state index in [4.69, 9.17) is 19.7 Å². The van der Waals surface area contributed by atoms with Gasteiger partial charge in [-0.2, -0.15) is 0 Å². The minimum atomic E-state index is -0.788. The Kier molecular flexibility index (Phi) is 4.46. The van der Waals surface area contributed by atoms with Crippen LogP contribution in [-0.4, -0.2) is 29.5 Å². The van der Waals surface area contributed by atoms with E-state index in [2.05, 4.69) is 91.6 Å². The summed E-state index contributed by atoms with van der Waals surface area (Å²) in [5, 5.41) is 0. The van der Waals surface area contributed by atoms with Gasteiger partial charge < -0.3 is 4.74 Å². The molecule has 3 heterocycles. The van der Waals surface area contributed by atoms with Gasteiger partial charge in [-0.05, 0) is 46.9 Å². The minimum absolute atomic E-state index is 0.218. The molecule has 2 aromatic rings. The molecule has 0 saturated carbocycles. The molecule has 2 aliphatic carbocycles. The summed E-state index contributed by atoms with van der Waals surface area (Å²) in [6.45, 7) is 4.43. The highest BCUT2D eigenvalue weighted by Gasteiger charge is 2.54. The second kappa shape index (κ2) is 7.62. The normalized spacial score (nSPS) is 27.0. The van der Waals surface area contributed by atoms with E-state index in [9.17, 15) is 0 Å². The highest BCUT2D eigenvalue weighted by Crippen LogP contribution is 2.52. The number of hydrogen-bond acceptors (Lipinski definition) is 5. The molecule has 3 unspecified atom stereocenters. The molecule has 0 fully saturated rings. The van der Waals surface area contributed by atoms with Crippen molar-refractivity contribution in [2.45, 2.75) is 19.4 Å². The average molecular weight is 471 g/mol. The van der Waals surface area contributed by atoms with Crippen LogP contribution < -0.4 is 4.74 Å². The lowest BCUT2D eigenvalue weighted by Crippen LogP contribution is -2.44. The van der Waals surface area contributed by atoms with Crippen molar-refractivity contribution >= 4 is 28.9 Å². The second-order valence-corrected chi connectivity index (χ2v) is 9.76. The molecule has 176 valence electrons. The van der Waals surface area contributed by atoms with Gasteiger partial charge in [0.05, 0.1) is 24.2 Å². The van der Waals surface area contributed by atoms with Crippen LogP contribution in [0.3, 0.4) is 0 Å². The quantitative estimate of drug-likeness (QED) is 0.522. The topological polar surface area (TPSA) is 49.6 Å². The van der Waals surface area contributed by atoms with Gasteiger partial charge in [-0.15, -0.1) is 0 Å². The predicted octanol–water partition coefficient (Wildman–Crippen LogP) is 6.37. The number of allylic oxidation sites excluding steroid dienone is 8. The van der Waals surface area contributed by atoms with Crippen molar-refractivity contribution in [3.05, 3.63) is 113 Å². The zero-order chi connectivity index (χ0) is 24.4. The fourth-order valence-corrected chi connectivity index (χ4v) is 5.83. The number of fused-ring (bicyclic) bond motifs is 2. The van der Waals surface area contributed by atoms with Gasteiger partial charge in [-0.1, -0.05) is 80.6 Å². The first-order chi connectivity index (χ1) is 17.6. The molecule has 0 aromatic heterocycles. The third-order valence-corrected chi connectivity index (χ3v) is 7.70. The average Bonchev–Trinajstić information content (AvgIpc) is 3.62. The zero-order valence-electron chi connectivity index (χ0n) is 20.5. The lowest BCUT2D eigenvalue weighted by atomic mass is 9.77. The number of methoxy groups -OCH3 is 1. The Labute approximate surface area is 211 Å². The van der Waals surface area contributed by atoms with Crippen molar-refractivity contribution in [2.24, 2.45) is 26.8 Å². The number of hydrogen-bond donors (Lipinski definition) is 0. The molecule has 5 heteroatoms.